The maximum atomic E-state index is 11.6. The summed E-state index contributed by atoms with van der Waals surface area (Å²) in [4.78, 5) is 11.6. The molecule has 0 fully saturated rings. The van der Waals surface area contributed by atoms with E-state index >= 15 is 0 Å². The Morgan fingerprint density at radius 3 is 2.83 bits per heavy atom. The van der Waals surface area contributed by atoms with E-state index < -0.39 is 0 Å². The van der Waals surface area contributed by atoms with Crippen molar-refractivity contribution in [3.8, 4) is 0 Å². The number of halogens is 2. The van der Waals surface area contributed by atoms with Crippen LogP contribution in [-0.2, 0) is 11.2 Å². The number of benzene rings is 1. The molecule has 0 spiro atoms. The highest BCUT2D eigenvalue weighted by Crippen LogP contribution is 2.12. The number of aryl methyl sites for hydroxylation is 1. The van der Waals surface area contributed by atoms with Gasteiger partial charge in [0.05, 0.1) is 0 Å². The minimum absolute atomic E-state index is 0. The molecule has 0 bridgehead atoms. The van der Waals surface area contributed by atoms with Gasteiger partial charge in [0.1, 0.15) is 0 Å². The van der Waals surface area contributed by atoms with Gasteiger partial charge in [-0.2, -0.15) is 0 Å². The van der Waals surface area contributed by atoms with Crippen molar-refractivity contribution in [1.82, 2.24) is 5.32 Å². The van der Waals surface area contributed by atoms with Crippen molar-refractivity contribution in [3.63, 3.8) is 0 Å². The fraction of sp³-hybridized carbons (Fsp3) is 0.462. The van der Waals surface area contributed by atoms with Crippen LogP contribution in [0.1, 0.15) is 18.9 Å². The minimum atomic E-state index is 0. The zero-order valence-corrected chi connectivity index (χ0v) is 12.9. The van der Waals surface area contributed by atoms with Gasteiger partial charge in [-0.1, -0.05) is 35.0 Å². The van der Waals surface area contributed by atoms with Crippen LogP contribution in [0.25, 0.3) is 0 Å². The molecular weight excluding hydrogens is 316 g/mol. The summed E-state index contributed by atoms with van der Waals surface area (Å²) in [7, 11) is 0. The summed E-state index contributed by atoms with van der Waals surface area (Å²) in [5, 5.41) is 2.89. The molecule has 0 aromatic heterocycles. The Labute approximate surface area is 123 Å². The molecule has 18 heavy (non-hydrogen) atoms. The van der Waals surface area contributed by atoms with E-state index in [4.69, 9.17) is 5.73 Å². The summed E-state index contributed by atoms with van der Waals surface area (Å²) in [5.41, 5.74) is 6.65. The van der Waals surface area contributed by atoms with Crippen LogP contribution in [0.4, 0.5) is 0 Å². The molecule has 1 rings (SSSR count). The predicted molar refractivity (Wildman–Crippen MR) is 80.9 cm³/mol. The van der Waals surface area contributed by atoms with E-state index in [2.05, 4.69) is 21.2 Å². The van der Waals surface area contributed by atoms with Crippen molar-refractivity contribution < 1.29 is 4.79 Å². The van der Waals surface area contributed by atoms with Crippen LogP contribution in [0.15, 0.2) is 28.7 Å². The smallest absolute Gasteiger partial charge is 0.220 e. The number of hydrogen-bond donors (Lipinski definition) is 2. The lowest BCUT2D eigenvalue weighted by atomic mass is 10.1. The first-order valence-electron chi connectivity index (χ1n) is 5.83. The second-order valence-corrected chi connectivity index (χ2v) is 5.19. The lowest BCUT2D eigenvalue weighted by Crippen LogP contribution is -2.31. The number of nitrogens with one attached hydrogen (secondary N) is 1. The summed E-state index contributed by atoms with van der Waals surface area (Å²) in [6.07, 6.45) is 1.29. The summed E-state index contributed by atoms with van der Waals surface area (Å²) >= 11 is 3.41. The van der Waals surface area contributed by atoms with E-state index in [0.717, 1.165) is 10.9 Å². The van der Waals surface area contributed by atoms with E-state index in [1.54, 1.807) is 0 Å². The number of amides is 1. The number of nitrogens with two attached hydrogens (primary N) is 1. The largest absolute Gasteiger partial charge is 0.356 e. The molecular formula is C13H20BrClN2O. The third-order valence-corrected chi connectivity index (χ3v) is 3.07. The highest BCUT2D eigenvalue weighted by atomic mass is 79.9. The van der Waals surface area contributed by atoms with Crippen molar-refractivity contribution >= 4 is 34.2 Å². The van der Waals surface area contributed by atoms with Gasteiger partial charge in [-0.15, -0.1) is 12.4 Å². The zero-order chi connectivity index (χ0) is 12.7. The van der Waals surface area contributed by atoms with Crippen molar-refractivity contribution in [2.45, 2.75) is 19.8 Å². The van der Waals surface area contributed by atoms with Gasteiger partial charge in [-0.25, -0.2) is 0 Å². The van der Waals surface area contributed by atoms with Crippen molar-refractivity contribution in [3.05, 3.63) is 34.3 Å². The summed E-state index contributed by atoms with van der Waals surface area (Å²) in [6.45, 7) is 3.29. The first-order valence-corrected chi connectivity index (χ1v) is 6.62. The van der Waals surface area contributed by atoms with Gasteiger partial charge in [0.15, 0.2) is 0 Å². The van der Waals surface area contributed by atoms with Gasteiger partial charge < -0.3 is 11.1 Å². The van der Waals surface area contributed by atoms with Crippen LogP contribution in [0, 0.1) is 5.92 Å². The highest BCUT2D eigenvalue weighted by molar-refractivity contribution is 9.10. The molecule has 1 aromatic carbocycles. The van der Waals surface area contributed by atoms with Crippen molar-refractivity contribution in [2.24, 2.45) is 11.7 Å². The molecule has 0 aliphatic carbocycles. The van der Waals surface area contributed by atoms with Crippen LogP contribution >= 0.6 is 28.3 Å². The van der Waals surface area contributed by atoms with E-state index in [-0.39, 0.29) is 18.3 Å². The van der Waals surface area contributed by atoms with Crippen LogP contribution in [0.3, 0.4) is 0 Å². The Morgan fingerprint density at radius 1 is 1.50 bits per heavy atom. The fourth-order valence-corrected chi connectivity index (χ4v) is 1.86. The number of carbonyl (C=O) groups is 1. The van der Waals surface area contributed by atoms with Gasteiger partial charge in [0.2, 0.25) is 5.91 Å². The average Bonchev–Trinajstić information content (AvgIpc) is 2.33. The monoisotopic (exact) mass is 334 g/mol. The summed E-state index contributed by atoms with van der Waals surface area (Å²) in [6, 6.07) is 8.02. The zero-order valence-electron chi connectivity index (χ0n) is 10.5. The first-order chi connectivity index (χ1) is 8.11. The van der Waals surface area contributed by atoms with E-state index in [1.807, 2.05) is 31.2 Å². The molecule has 3 nitrogen and oxygen atoms in total. The quantitative estimate of drug-likeness (QED) is 0.839. The molecule has 3 N–H and O–H groups in total. The second-order valence-electron chi connectivity index (χ2n) is 4.27. The lowest BCUT2D eigenvalue weighted by Gasteiger charge is -2.10. The third-order valence-electron chi connectivity index (χ3n) is 2.58. The van der Waals surface area contributed by atoms with Crippen LogP contribution in [0.2, 0.25) is 0 Å². The van der Waals surface area contributed by atoms with E-state index in [0.29, 0.717) is 25.4 Å². The number of hydrogen-bond acceptors (Lipinski definition) is 2. The maximum Gasteiger partial charge on any atom is 0.220 e. The van der Waals surface area contributed by atoms with E-state index in [9.17, 15) is 4.79 Å². The average molecular weight is 336 g/mol. The molecule has 1 amide bonds. The molecule has 0 heterocycles. The lowest BCUT2D eigenvalue weighted by molar-refractivity contribution is -0.121. The molecule has 0 saturated carbocycles. The van der Waals surface area contributed by atoms with Crippen LogP contribution in [0.5, 0.6) is 0 Å². The molecule has 1 aromatic rings. The van der Waals surface area contributed by atoms with Gasteiger partial charge >= 0.3 is 0 Å². The Kier molecular flexibility index (Phi) is 9.06. The topological polar surface area (TPSA) is 55.1 Å². The molecule has 0 aliphatic heterocycles. The van der Waals surface area contributed by atoms with Crippen molar-refractivity contribution in [2.75, 3.05) is 13.1 Å². The number of rotatable bonds is 6. The standard InChI is InChI=1S/C13H19BrN2O.ClH/c1-10(8-15)9-16-13(17)6-5-11-3-2-4-12(14)7-11;/h2-4,7,10H,5-6,8-9,15H2,1H3,(H,16,17);1H. The van der Waals surface area contributed by atoms with Crippen molar-refractivity contribution in [1.29, 1.82) is 0 Å². The molecule has 1 unspecified atom stereocenters. The molecule has 102 valence electrons. The second kappa shape index (κ2) is 9.36. The van der Waals surface area contributed by atoms with Gasteiger partial charge in [0.25, 0.3) is 0 Å². The summed E-state index contributed by atoms with van der Waals surface area (Å²) in [5.74, 6) is 0.426. The predicted octanol–water partition coefficient (Wildman–Crippen LogP) is 2.51. The first kappa shape index (κ1) is 17.4. The summed E-state index contributed by atoms with van der Waals surface area (Å²) < 4.78 is 1.05. The van der Waals surface area contributed by atoms with Gasteiger partial charge in [0, 0.05) is 17.4 Å². The number of carbonyl (C=O) groups excluding carboxylic acids is 1. The van der Waals surface area contributed by atoms with Crippen LogP contribution in [-0.4, -0.2) is 19.0 Å². The Morgan fingerprint density at radius 2 is 2.22 bits per heavy atom. The molecule has 0 saturated heterocycles. The minimum Gasteiger partial charge on any atom is -0.356 e. The molecule has 0 aliphatic rings. The molecule has 1 atom stereocenters. The Bertz CT molecular complexity index is 374. The highest BCUT2D eigenvalue weighted by Gasteiger charge is 2.04. The Hall–Kier alpha value is -0.580. The molecule has 0 radical (unpaired) electrons. The third kappa shape index (κ3) is 6.99. The van der Waals surface area contributed by atoms with Crippen LogP contribution < -0.4 is 11.1 Å². The SMILES string of the molecule is CC(CN)CNC(=O)CCc1cccc(Br)c1.Cl. The van der Waals surface area contributed by atoms with Gasteiger partial charge in [-0.3, -0.25) is 4.79 Å². The molecule has 5 heteroatoms. The fourth-order valence-electron chi connectivity index (χ4n) is 1.41. The normalized spacial score (nSPS) is 11.5. The maximum absolute atomic E-state index is 11.6. The van der Waals surface area contributed by atoms with Gasteiger partial charge in [-0.05, 0) is 36.6 Å². The Balaban J connectivity index is 0.00000289. The van der Waals surface area contributed by atoms with E-state index in [1.165, 1.54) is 5.56 Å².